The molecule has 0 unspecified atom stereocenters. The van der Waals surface area contributed by atoms with Gasteiger partial charge in [0.2, 0.25) is 0 Å². The second-order valence-corrected chi connectivity index (χ2v) is 5.44. The number of hydrogen-bond donors (Lipinski definition) is 2. The number of carbonyl (C=O) groups excluding carboxylic acids is 1. The van der Waals surface area contributed by atoms with Crippen LogP contribution in [0.5, 0.6) is 5.75 Å². The van der Waals surface area contributed by atoms with Crippen LogP contribution in [0.3, 0.4) is 0 Å². The summed E-state index contributed by atoms with van der Waals surface area (Å²) in [4.78, 5) is 14.3. The van der Waals surface area contributed by atoms with Gasteiger partial charge in [-0.1, -0.05) is 6.07 Å². The maximum Gasteiger partial charge on any atom is 0.259 e. The predicted molar refractivity (Wildman–Crippen MR) is 77.8 cm³/mol. The van der Waals surface area contributed by atoms with Gasteiger partial charge >= 0.3 is 0 Å². The van der Waals surface area contributed by atoms with E-state index < -0.39 is 5.60 Å². The molecule has 20 heavy (non-hydrogen) atoms. The number of aliphatic hydroxyl groups is 1. The van der Waals surface area contributed by atoms with Crippen molar-refractivity contribution < 1.29 is 14.6 Å². The molecule has 1 aliphatic heterocycles. The lowest BCUT2D eigenvalue weighted by Crippen LogP contribution is -2.45. The van der Waals surface area contributed by atoms with Gasteiger partial charge in [0.25, 0.3) is 5.91 Å². The fourth-order valence-corrected chi connectivity index (χ4v) is 2.40. The molecule has 1 amide bonds. The quantitative estimate of drug-likeness (QED) is 0.824. The van der Waals surface area contributed by atoms with Crippen LogP contribution in [-0.2, 0) is 0 Å². The Morgan fingerprint density at radius 2 is 2.10 bits per heavy atom. The summed E-state index contributed by atoms with van der Waals surface area (Å²) in [6.45, 7) is 5.22. The highest BCUT2D eigenvalue weighted by Crippen LogP contribution is 2.29. The number of benzene rings is 1. The molecule has 1 saturated heterocycles. The number of likely N-dealkylation sites (tertiary alicyclic amines) is 1. The third kappa shape index (κ3) is 3.04. The van der Waals surface area contributed by atoms with Gasteiger partial charge in [0.05, 0.1) is 12.2 Å². The fourth-order valence-electron chi connectivity index (χ4n) is 2.40. The Bertz CT molecular complexity index is 490. The SMILES string of the molecule is CCOc1cccc(N)c1C(=O)N1CCC(C)(O)CC1. The topological polar surface area (TPSA) is 75.8 Å². The Kier molecular flexibility index (Phi) is 4.18. The van der Waals surface area contributed by atoms with Gasteiger partial charge in [-0.25, -0.2) is 0 Å². The Morgan fingerprint density at radius 3 is 2.70 bits per heavy atom. The van der Waals surface area contributed by atoms with E-state index in [0.717, 1.165) is 0 Å². The molecule has 0 aromatic heterocycles. The van der Waals surface area contributed by atoms with Gasteiger partial charge in [0.1, 0.15) is 11.3 Å². The number of anilines is 1. The van der Waals surface area contributed by atoms with Gasteiger partial charge in [0.15, 0.2) is 0 Å². The minimum absolute atomic E-state index is 0.123. The van der Waals surface area contributed by atoms with E-state index in [0.29, 0.717) is 49.5 Å². The van der Waals surface area contributed by atoms with Crippen LogP contribution in [0.4, 0.5) is 5.69 Å². The van der Waals surface area contributed by atoms with Crippen LogP contribution < -0.4 is 10.5 Å². The summed E-state index contributed by atoms with van der Waals surface area (Å²) in [6, 6.07) is 5.24. The third-order valence-corrected chi connectivity index (χ3v) is 3.70. The molecular formula is C15H22N2O3. The molecule has 5 heteroatoms. The second kappa shape index (κ2) is 5.71. The minimum atomic E-state index is -0.679. The van der Waals surface area contributed by atoms with Crippen molar-refractivity contribution in [2.45, 2.75) is 32.3 Å². The van der Waals surface area contributed by atoms with Crippen molar-refractivity contribution in [3.05, 3.63) is 23.8 Å². The van der Waals surface area contributed by atoms with Crippen LogP contribution in [0.25, 0.3) is 0 Å². The third-order valence-electron chi connectivity index (χ3n) is 3.70. The summed E-state index contributed by atoms with van der Waals surface area (Å²) in [7, 11) is 0. The molecule has 1 aliphatic rings. The Hall–Kier alpha value is -1.75. The number of nitrogens with two attached hydrogens (primary N) is 1. The lowest BCUT2D eigenvalue weighted by molar-refractivity contribution is -0.00206. The number of rotatable bonds is 3. The average Bonchev–Trinajstić information content (AvgIpc) is 2.38. The van der Waals surface area contributed by atoms with Crippen LogP contribution in [0.15, 0.2) is 18.2 Å². The van der Waals surface area contributed by atoms with Crippen molar-refractivity contribution in [2.75, 3.05) is 25.4 Å². The summed E-state index contributed by atoms with van der Waals surface area (Å²) in [5.74, 6) is 0.400. The van der Waals surface area contributed by atoms with E-state index in [4.69, 9.17) is 10.5 Å². The highest BCUT2D eigenvalue weighted by atomic mass is 16.5. The first kappa shape index (κ1) is 14.7. The molecule has 0 radical (unpaired) electrons. The monoisotopic (exact) mass is 278 g/mol. The largest absolute Gasteiger partial charge is 0.493 e. The molecule has 5 nitrogen and oxygen atoms in total. The highest BCUT2D eigenvalue weighted by molar-refractivity contribution is 6.01. The lowest BCUT2D eigenvalue weighted by Gasteiger charge is -2.36. The van der Waals surface area contributed by atoms with Gasteiger partial charge < -0.3 is 20.5 Å². The Balaban J connectivity index is 2.21. The number of nitrogen functional groups attached to an aromatic ring is 1. The van der Waals surface area contributed by atoms with Gasteiger partial charge in [-0.15, -0.1) is 0 Å². The number of nitrogens with zero attached hydrogens (tertiary/aromatic N) is 1. The summed E-state index contributed by atoms with van der Waals surface area (Å²) >= 11 is 0. The summed E-state index contributed by atoms with van der Waals surface area (Å²) in [5.41, 5.74) is 6.11. The maximum absolute atomic E-state index is 12.6. The van der Waals surface area contributed by atoms with Crippen LogP contribution in [0.1, 0.15) is 37.0 Å². The number of hydrogen-bond acceptors (Lipinski definition) is 4. The number of carbonyl (C=O) groups is 1. The molecule has 110 valence electrons. The average molecular weight is 278 g/mol. The van der Waals surface area contributed by atoms with Gasteiger partial charge in [-0.2, -0.15) is 0 Å². The van der Waals surface area contributed by atoms with E-state index in [9.17, 15) is 9.90 Å². The molecule has 2 rings (SSSR count). The molecular weight excluding hydrogens is 256 g/mol. The minimum Gasteiger partial charge on any atom is -0.493 e. The van der Waals surface area contributed by atoms with Crippen molar-refractivity contribution in [2.24, 2.45) is 0 Å². The maximum atomic E-state index is 12.6. The van der Waals surface area contributed by atoms with Crippen LogP contribution >= 0.6 is 0 Å². The van der Waals surface area contributed by atoms with Gasteiger partial charge in [-0.05, 0) is 38.8 Å². The first-order chi connectivity index (χ1) is 9.44. The molecule has 0 aliphatic carbocycles. The smallest absolute Gasteiger partial charge is 0.259 e. The van der Waals surface area contributed by atoms with Gasteiger partial charge in [-0.3, -0.25) is 4.79 Å². The lowest BCUT2D eigenvalue weighted by atomic mass is 9.93. The first-order valence-corrected chi connectivity index (χ1v) is 6.97. The molecule has 1 heterocycles. The molecule has 0 bridgehead atoms. The molecule has 1 aromatic carbocycles. The zero-order valence-corrected chi connectivity index (χ0v) is 12.1. The number of amides is 1. The zero-order valence-electron chi connectivity index (χ0n) is 12.1. The first-order valence-electron chi connectivity index (χ1n) is 6.97. The summed E-state index contributed by atoms with van der Waals surface area (Å²) in [5, 5.41) is 9.95. The van der Waals surface area contributed by atoms with E-state index in [-0.39, 0.29) is 5.91 Å². The summed E-state index contributed by atoms with van der Waals surface area (Å²) in [6.07, 6.45) is 1.16. The van der Waals surface area contributed by atoms with Crippen molar-refractivity contribution in [1.29, 1.82) is 0 Å². The molecule has 0 spiro atoms. The van der Waals surface area contributed by atoms with Crippen molar-refractivity contribution in [1.82, 2.24) is 4.90 Å². The van der Waals surface area contributed by atoms with E-state index in [2.05, 4.69) is 0 Å². The molecule has 0 atom stereocenters. The van der Waals surface area contributed by atoms with Crippen LogP contribution in [0, 0.1) is 0 Å². The molecule has 0 saturated carbocycles. The molecule has 3 N–H and O–H groups in total. The van der Waals surface area contributed by atoms with Crippen molar-refractivity contribution >= 4 is 11.6 Å². The van der Waals surface area contributed by atoms with E-state index >= 15 is 0 Å². The van der Waals surface area contributed by atoms with Crippen molar-refractivity contribution in [3.8, 4) is 5.75 Å². The fraction of sp³-hybridized carbons (Fsp3) is 0.533. The Morgan fingerprint density at radius 1 is 1.45 bits per heavy atom. The van der Waals surface area contributed by atoms with E-state index in [1.165, 1.54) is 0 Å². The number of ether oxygens (including phenoxy) is 1. The standard InChI is InChI=1S/C15H22N2O3/c1-3-20-12-6-4-5-11(16)13(12)14(18)17-9-7-15(2,19)8-10-17/h4-6,19H,3,7-10,16H2,1-2H3. The molecule has 1 aromatic rings. The summed E-state index contributed by atoms with van der Waals surface area (Å²) < 4.78 is 5.49. The highest BCUT2D eigenvalue weighted by Gasteiger charge is 2.31. The van der Waals surface area contributed by atoms with Crippen molar-refractivity contribution in [3.63, 3.8) is 0 Å². The predicted octanol–water partition coefficient (Wildman–Crippen LogP) is 1.65. The zero-order chi connectivity index (χ0) is 14.8. The van der Waals surface area contributed by atoms with Crippen LogP contribution in [-0.4, -0.2) is 41.2 Å². The van der Waals surface area contributed by atoms with Crippen LogP contribution in [0.2, 0.25) is 0 Å². The normalized spacial score (nSPS) is 17.9. The molecule has 1 fully saturated rings. The van der Waals surface area contributed by atoms with E-state index in [1.54, 1.807) is 30.0 Å². The van der Waals surface area contributed by atoms with E-state index in [1.807, 2.05) is 6.92 Å². The Labute approximate surface area is 119 Å². The van der Waals surface area contributed by atoms with Gasteiger partial charge in [0, 0.05) is 18.8 Å². The number of piperidine rings is 1. The second-order valence-electron chi connectivity index (χ2n) is 5.44.